The molecule has 0 aliphatic rings. The average molecular weight is 326 g/mol. The van der Waals surface area contributed by atoms with E-state index in [-0.39, 0.29) is 0 Å². The Morgan fingerprint density at radius 1 is 1.05 bits per heavy atom. The number of hydrogen-bond donors (Lipinski definition) is 1. The topological polar surface area (TPSA) is 44.5 Å². The SMILES string of the molecule is Nc1cc(Br)c(F)cc1OCCOc1ccccc1. The minimum Gasteiger partial charge on any atom is -0.490 e. The number of benzene rings is 2. The van der Waals surface area contributed by atoms with Crippen LogP contribution in [0.15, 0.2) is 46.9 Å². The van der Waals surface area contributed by atoms with Gasteiger partial charge in [-0.1, -0.05) is 18.2 Å². The number of nitrogen functional groups attached to an aromatic ring is 1. The molecule has 2 aromatic rings. The molecule has 0 spiro atoms. The minimum absolute atomic E-state index is 0.292. The zero-order valence-corrected chi connectivity index (χ0v) is 11.7. The first-order chi connectivity index (χ1) is 9.16. The third-order valence-corrected chi connectivity index (χ3v) is 3.01. The lowest BCUT2D eigenvalue weighted by Crippen LogP contribution is -2.10. The predicted octanol–water partition coefficient (Wildman–Crippen LogP) is 3.63. The molecular weight excluding hydrogens is 313 g/mol. The highest BCUT2D eigenvalue weighted by Crippen LogP contribution is 2.28. The van der Waals surface area contributed by atoms with Gasteiger partial charge in [0.1, 0.15) is 30.5 Å². The molecule has 0 radical (unpaired) electrons. The van der Waals surface area contributed by atoms with E-state index in [4.69, 9.17) is 15.2 Å². The first-order valence-corrected chi connectivity index (χ1v) is 6.51. The van der Waals surface area contributed by atoms with Crippen LogP contribution in [0.5, 0.6) is 11.5 Å². The molecule has 0 unspecified atom stereocenters. The van der Waals surface area contributed by atoms with Crippen LogP contribution in [-0.4, -0.2) is 13.2 Å². The summed E-state index contributed by atoms with van der Waals surface area (Å²) in [7, 11) is 0. The smallest absolute Gasteiger partial charge is 0.145 e. The Morgan fingerprint density at radius 3 is 2.47 bits per heavy atom. The Labute approximate surface area is 119 Å². The minimum atomic E-state index is -0.409. The highest BCUT2D eigenvalue weighted by atomic mass is 79.9. The van der Waals surface area contributed by atoms with Crippen molar-refractivity contribution in [2.45, 2.75) is 0 Å². The molecule has 0 atom stereocenters. The maximum absolute atomic E-state index is 13.3. The molecular formula is C14H13BrFNO2. The van der Waals surface area contributed by atoms with Crippen LogP contribution in [0.2, 0.25) is 0 Å². The lowest BCUT2D eigenvalue weighted by atomic mass is 10.3. The van der Waals surface area contributed by atoms with Crippen molar-refractivity contribution in [1.29, 1.82) is 0 Å². The van der Waals surface area contributed by atoms with Crippen molar-refractivity contribution in [3.63, 3.8) is 0 Å². The second kappa shape index (κ2) is 6.43. The normalized spacial score (nSPS) is 10.2. The van der Waals surface area contributed by atoms with Gasteiger partial charge in [0.05, 0.1) is 10.2 Å². The standard InChI is InChI=1S/C14H13BrFNO2/c15-11-8-13(17)14(9-12(11)16)19-7-6-18-10-4-2-1-3-5-10/h1-5,8-9H,6-7,17H2. The summed E-state index contributed by atoms with van der Waals surface area (Å²) < 4.78 is 24.5. The van der Waals surface area contributed by atoms with E-state index in [2.05, 4.69) is 15.9 Å². The van der Waals surface area contributed by atoms with Gasteiger partial charge in [0, 0.05) is 6.07 Å². The number of nitrogens with two attached hydrogens (primary N) is 1. The van der Waals surface area contributed by atoms with Crippen LogP contribution >= 0.6 is 15.9 Å². The summed E-state index contributed by atoms with van der Waals surface area (Å²) in [6.07, 6.45) is 0. The zero-order chi connectivity index (χ0) is 13.7. The van der Waals surface area contributed by atoms with E-state index in [0.717, 1.165) is 5.75 Å². The van der Waals surface area contributed by atoms with Gasteiger partial charge in [-0.3, -0.25) is 0 Å². The van der Waals surface area contributed by atoms with Gasteiger partial charge in [-0.25, -0.2) is 4.39 Å². The second-order valence-corrected chi connectivity index (χ2v) is 4.67. The Hall–Kier alpha value is -1.75. The summed E-state index contributed by atoms with van der Waals surface area (Å²) in [6, 6.07) is 12.1. The summed E-state index contributed by atoms with van der Waals surface area (Å²) in [6.45, 7) is 0.654. The van der Waals surface area contributed by atoms with Crippen molar-refractivity contribution in [1.82, 2.24) is 0 Å². The maximum Gasteiger partial charge on any atom is 0.145 e. The third kappa shape index (κ3) is 3.86. The predicted molar refractivity (Wildman–Crippen MR) is 75.9 cm³/mol. The van der Waals surface area contributed by atoms with Gasteiger partial charge in [0.25, 0.3) is 0 Å². The highest BCUT2D eigenvalue weighted by molar-refractivity contribution is 9.10. The van der Waals surface area contributed by atoms with Gasteiger partial charge in [0.2, 0.25) is 0 Å². The van der Waals surface area contributed by atoms with Gasteiger partial charge < -0.3 is 15.2 Å². The van der Waals surface area contributed by atoms with E-state index in [1.165, 1.54) is 12.1 Å². The summed E-state index contributed by atoms with van der Waals surface area (Å²) in [5.74, 6) is 0.673. The molecule has 0 aromatic heterocycles. The van der Waals surface area contributed by atoms with E-state index >= 15 is 0 Å². The molecule has 0 bridgehead atoms. The molecule has 19 heavy (non-hydrogen) atoms. The summed E-state index contributed by atoms with van der Waals surface area (Å²) >= 11 is 3.06. The summed E-state index contributed by atoms with van der Waals surface area (Å²) in [4.78, 5) is 0. The number of halogens is 2. The summed E-state index contributed by atoms with van der Waals surface area (Å²) in [5, 5.41) is 0. The fraction of sp³-hybridized carbons (Fsp3) is 0.143. The molecule has 0 aliphatic carbocycles. The quantitative estimate of drug-likeness (QED) is 0.674. The molecule has 2 aromatic carbocycles. The van der Waals surface area contributed by atoms with Crippen LogP contribution in [-0.2, 0) is 0 Å². The fourth-order valence-corrected chi connectivity index (χ4v) is 1.86. The number of rotatable bonds is 5. The van der Waals surface area contributed by atoms with Gasteiger partial charge in [-0.05, 0) is 34.1 Å². The van der Waals surface area contributed by atoms with Crippen LogP contribution in [0.3, 0.4) is 0 Å². The first kappa shape index (κ1) is 13.7. The Bertz CT molecular complexity index is 549. The van der Waals surface area contributed by atoms with Crippen LogP contribution < -0.4 is 15.2 Å². The molecule has 0 amide bonds. The molecule has 0 saturated carbocycles. The van der Waals surface area contributed by atoms with E-state index in [1.807, 2.05) is 30.3 Å². The van der Waals surface area contributed by atoms with Crippen molar-refractivity contribution in [3.8, 4) is 11.5 Å². The van der Waals surface area contributed by atoms with Crippen molar-refractivity contribution in [2.75, 3.05) is 18.9 Å². The van der Waals surface area contributed by atoms with Gasteiger partial charge in [0.15, 0.2) is 0 Å². The molecule has 5 heteroatoms. The maximum atomic E-state index is 13.3. The molecule has 0 heterocycles. The molecule has 0 fully saturated rings. The average Bonchev–Trinajstić information content (AvgIpc) is 2.41. The molecule has 2 N–H and O–H groups in total. The van der Waals surface area contributed by atoms with Crippen molar-refractivity contribution in [3.05, 3.63) is 52.8 Å². The van der Waals surface area contributed by atoms with E-state index in [0.29, 0.717) is 29.1 Å². The van der Waals surface area contributed by atoms with E-state index in [9.17, 15) is 4.39 Å². The van der Waals surface area contributed by atoms with Crippen molar-refractivity contribution < 1.29 is 13.9 Å². The number of para-hydroxylation sites is 1. The molecule has 2 rings (SSSR count). The number of hydrogen-bond acceptors (Lipinski definition) is 3. The number of anilines is 1. The lowest BCUT2D eigenvalue weighted by Gasteiger charge is -2.10. The largest absolute Gasteiger partial charge is 0.490 e. The molecule has 100 valence electrons. The third-order valence-electron chi connectivity index (χ3n) is 2.41. The Kier molecular flexibility index (Phi) is 4.63. The van der Waals surface area contributed by atoms with Crippen molar-refractivity contribution in [2.24, 2.45) is 0 Å². The molecule has 0 saturated heterocycles. The Balaban J connectivity index is 1.85. The molecule has 0 aliphatic heterocycles. The van der Waals surface area contributed by atoms with Crippen LogP contribution in [0.4, 0.5) is 10.1 Å². The van der Waals surface area contributed by atoms with Gasteiger partial charge in [-0.2, -0.15) is 0 Å². The van der Waals surface area contributed by atoms with Crippen LogP contribution in [0, 0.1) is 5.82 Å². The van der Waals surface area contributed by atoms with E-state index in [1.54, 1.807) is 0 Å². The van der Waals surface area contributed by atoms with Gasteiger partial charge >= 0.3 is 0 Å². The van der Waals surface area contributed by atoms with Crippen LogP contribution in [0.25, 0.3) is 0 Å². The first-order valence-electron chi connectivity index (χ1n) is 5.72. The van der Waals surface area contributed by atoms with Crippen LogP contribution in [0.1, 0.15) is 0 Å². The molecule has 3 nitrogen and oxygen atoms in total. The second-order valence-electron chi connectivity index (χ2n) is 3.81. The fourth-order valence-electron chi connectivity index (χ4n) is 1.50. The monoisotopic (exact) mass is 325 g/mol. The summed E-state index contributed by atoms with van der Waals surface area (Å²) in [5.41, 5.74) is 6.10. The van der Waals surface area contributed by atoms with Crippen molar-refractivity contribution >= 4 is 21.6 Å². The highest BCUT2D eigenvalue weighted by Gasteiger charge is 2.06. The van der Waals surface area contributed by atoms with E-state index < -0.39 is 5.82 Å². The van der Waals surface area contributed by atoms with Gasteiger partial charge in [-0.15, -0.1) is 0 Å². The Morgan fingerprint density at radius 2 is 1.74 bits per heavy atom. The lowest BCUT2D eigenvalue weighted by molar-refractivity contribution is 0.217. The number of ether oxygens (including phenoxy) is 2. The zero-order valence-electron chi connectivity index (χ0n) is 10.1.